The monoisotopic (exact) mass is 526 g/mol. The summed E-state index contributed by atoms with van der Waals surface area (Å²) in [7, 11) is 3.55. The van der Waals surface area contributed by atoms with Crippen molar-refractivity contribution in [1.29, 1.82) is 0 Å². The van der Waals surface area contributed by atoms with Gasteiger partial charge in [0.2, 0.25) is 0 Å². The van der Waals surface area contributed by atoms with E-state index in [1.807, 2.05) is 30.9 Å². The Morgan fingerprint density at radius 2 is 2.00 bits per heavy atom. The van der Waals surface area contributed by atoms with E-state index in [0.717, 1.165) is 43.6 Å². The van der Waals surface area contributed by atoms with Crippen LogP contribution in [-0.2, 0) is 0 Å². The van der Waals surface area contributed by atoms with Crippen LogP contribution in [0.1, 0.15) is 6.42 Å². The standard InChI is InChI=1S/C22H30N4OS.HI/c1-23-22(24-12-14-28-21-9-4-3-5-10-21)25-16-18-11-13-26(17-18)19-7-6-8-20(15-19)27-2;/h3-10,15,18H,11-14,16-17H2,1-2H3,(H2,23,24,25);1H. The zero-order valence-corrected chi connectivity index (χ0v) is 20.3. The fourth-order valence-corrected chi connectivity index (χ4v) is 4.15. The lowest BCUT2D eigenvalue weighted by atomic mass is 10.1. The van der Waals surface area contributed by atoms with Gasteiger partial charge in [0.15, 0.2) is 5.96 Å². The number of rotatable bonds is 8. The minimum absolute atomic E-state index is 0. The summed E-state index contributed by atoms with van der Waals surface area (Å²) >= 11 is 1.85. The van der Waals surface area contributed by atoms with Crippen molar-refractivity contribution in [3.8, 4) is 5.75 Å². The number of anilines is 1. The SMILES string of the molecule is CN=C(NCCSc1ccccc1)NCC1CCN(c2cccc(OC)c2)C1.I. The van der Waals surface area contributed by atoms with E-state index in [1.54, 1.807) is 7.11 Å². The number of nitrogens with zero attached hydrogens (tertiary/aromatic N) is 2. The first kappa shape index (κ1) is 23.7. The van der Waals surface area contributed by atoms with Crippen LogP contribution in [0.4, 0.5) is 5.69 Å². The van der Waals surface area contributed by atoms with Crippen LogP contribution < -0.4 is 20.3 Å². The number of hydrogen-bond donors (Lipinski definition) is 2. The second-order valence-corrected chi connectivity index (χ2v) is 8.01. The number of thioether (sulfide) groups is 1. The Morgan fingerprint density at radius 3 is 2.76 bits per heavy atom. The average Bonchev–Trinajstić information content (AvgIpc) is 3.23. The molecule has 0 saturated carbocycles. The van der Waals surface area contributed by atoms with E-state index in [-0.39, 0.29) is 24.0 Å². The van der Waals surface area contributed by atoms with Crippen molar-refractivity contribution in [1.82, 2.24) is 10.6 Å². The maximum Gasteiger partial charge on any atom is 0.191 e. The van der Waals surface area contributed by atoms with E-state index in [1.165, 1.54) is 17.0 Å². The van der Waals surface area contributed by atoms with Crippen LogP contribution in [0.15, 0.2) is 64.5 Å². The van der Waals surface area contributed by atoms with Gasteiger partial charge < -0.3 is 20.3 Å². The van der Waals surface area contributed by atoms with Crippen LogP contribution in [0.25, 0.3) is 0 Å². The van der Waals surface area contributed by atoms with Crippen LogP contribution in [0.2, 0.25) is 0 Å². The van der Waals surface area contributed by atoms with Gasteiger partial charge in [0.1, 0.15) is 5.75 Å². The molecule has 0 spiro atoms. The molecule has 1 aliphatic heterocycles. The summed E-state index contributed by atoms with van der Waals surface area (Å²) in [5.41, 5.74) is 1.24. The Bertz CT molecular complexity index is 759. The summed E-state index contributed by atoms with van der Waals surface area (Å²) in [6.45, 7) is 3.96. The highest BCUT2D eigenvalue weighted by atomic mass is 127. The Labute approximate surface area is 195 Å². The highest BCUT2D eigenvalue weighted by molar-refractivity contribution is 14.0. The molecule has 1 saturated heterocycles. The van der Waals surface area contributed by atoms with Gasteiger partial charge in [0.25, 0.3) is 0 Å². The quantitative estimate of drug-likeness (QED) is 0.178. The van der Waals surface area contributed by atoms with Crippen LogP contribution in [0.3, 0.4) is 0 Å². The second kappa shape index (κ2) is 12.8. The van der Waals surface area contributed by atoms with Crippen LogP contribution in [0, 0.1) is 5.92 Å². The molecule has 0 aromatic heterocycles. The predicted octanol–water partition coefficient (Wildman–Crippen LogP) is 4.10. The summed E-state index contributed by atoms with van der Waals surface area (Å²) in [6, 6.07) is 18.8. The number of methoxy groups -OCH3 is 1. The third-order valence-corrected chi connectivity index (χ3v) is 5.91. The van der Waals surface area contributed by atoms with Gasteiger partial charge in [-0.15, -0.1) is 35.7 Å². The number of halogens is 1. The molecular formula is C22H31IN4OS. The first-order valence-electron chi connectivity index (χ1n) is 9.80. The maximum atomic E-state index is 5.34. The highest BCUT2D eigenvalue weighted by Gasteiger charge is 2.23. The summed E-state index contributed by atoms with van der Waals surface area (Å²) in [4.78, 5) is 8.08. The van der Waals surface area contributed by atoms with E-state index >= 15 is 0 Å². The Hall–Kier alpha value is -1.61. The first-order chi connectivity index (χ1) is 13.8. The predicted molar refractivity (Wildman–Crippen MR) is 135 cm³/mol. The lowest BCUT2D eigenvalue weighted by Gasteiger charge is -2.20. The lowest BCUT2D eigenvalue weighted by Crippen LogP contribution is -2.41. The van der Waals surface area contributed by atoms with E-state index in [9.17, 15) is 0 Å². The van der Waals surface area contributed by atoms with Crippen molar-refractivity contribution in [3.63, 3.8) is 0 Å². The van der Waals surface area contributed by atoms with Gasteiger partial charge in [-0.3, -0.25) is 4.99 Å². The third kappa shape index (κ3) is 7.62. The van der Waals surface area contributed by atoms with Crippen LogP contribution in [-0.4, -0.2) is 52.0 Å². The molecular weight excluding hydrogens is 495 g/mol. The zero-order valence-electron chi connectivity index (χ0n) is 17.1. The number of nitrogens with one attached hydrogen (secondary N) is 2. The van der Waals surface area contributed by atoms with Crippen molar-refractivity contribution >= 4 is 47.4 Å². The largest absolute Gasteiger partial charge is 0.497 e. The second-order valence-electron chi connectivity index (χ2n) is 6.84. The average molecular weight is 526 g/mol. The van der Waals surface area contributed by atoms with Gasteiger partial charge in [-0.05, 0) is 36.6 Å². The van der Waals surface area contributed by atoms with Gasteiger partial charge in [-0.25, -0.2) is 0 Å². The summed E-state index contributed by atoms with van der Waals surface area (Å²) < 4.78 is 5.34. The van der Waals surface area contributed by atoms with Crippen molar-refractivity contribution in [2.24, 2.45) is 10.9 Å². The molecule has 1 fully saturated rings. The molecule has 7 heteroatoms. The molecule has 1 aliphatic rings. The molecule has 1 atom stereocenters. The summed E-state index contributed by atoms with van der Waals surface area (Å²) in [5.74, 6) is 3.42. The van der Waals surface area contributed by atoms with Crippen molar-refractivity contribution in [3.05, 3.63) is 54.6 Å². The molecule has 158 valence electrons. The maximum absolute atomic E-state index is 5.34. The number of benzene rings is 2. The normalized spacial score (nSPS) is 16.3. The lowest BCUT2D eigenvalue weighted by molar-refractivity contribution is 0.415. The molecule has 3 rings (SSSR count). The first-order valence-corrected chi connectivity index (χ1v) is 10.8. The molecule has 0 radical (unpaired) electrons. The number of guanidine groups is 1. The van der Waals surface area contributed by atoms with Crippen LogP contribution in [0.5, 0.6) is 5.75 Å². The van der Waals surface area contributed by atoms with Crippen molar-refractivity contribution < 1.29 is 4.74 Å². The highest BCUT2D eigenvalue weighted by Crippen LogP contribution is 2.26. The van der Waals surface area contributed by atoms with E-state index < -0.39 is 0 Å². The smallest absolute Gasteiger partial charge is 0.191 e. The number of hydrogen-bond acceptors (Lipinski definition) is 4. The topological polar surface area (TPSA) is 48.9 Å². The van der Waals surface area contributed by atoms with Gasteiger partial charge >= 0.3 is 0 Å². The van der Waals surface area contributed by atoms with E-state index in [4.69, 9.17) is 4.74 Å². The molecule has 0 bridgehead atoms. The minimum Gasteiger partial charge on any atom is -0.497 e. The molecule has 2 aromatic rings. The number of ether oxygens (including phenoxy) is 1. The van der Waals surface area contributed by atoms with Gasteiger partial charge in [-0.2, -0.15) is 0 Å². The molecule has 1 heterocycles. The molecule has 29 heavy (non-hydrogen) atoms. The van der Waals surface area contributed by atoms with Gasteiger partial charge in [0.05, 0.1) is 7.11 Å². The van der Waals surface area contributed by atoms with E-state index in [2.05, 4.69) is 63.0 Å². The third-order valence-electron chi connectivity index (χ3n) is 4.89. The van der Waals surface area contributed by atoms with Crippen molar-refractivity contribution in [2.45, 2.75) is 11.3 Å². The van der Waals surface area contributed by atoms with Gasteiger partial charge in [0, 0.05) is 55.6 Å². The van der Waals surface area contributed by atoms with Crippen LogP contribution >= 0.6 is 35.7 Å². The van der Waals surface area contributed by atoms with Crippen molar-refractivity contribution in [2.75, 3.05) is 51.0 Å². The Morgan fingerprint density at radius 1 is 1.17 bits per heavy atom. The fourth-order valence-electron chi connectivity index (χ4n) is 3.36. The Balaban J connectivity index is 0.00000300. The number of aliphatic imine (C=N–C) groups is 1. The summed E-state index contributed by atoms with van der Waals surface area (Å²) in [5, 5.41) is 6.89. The Kier molecular flexibility index (Phi) is 10.5. The molecule has 2 aromatic carbocycles. The minimum atomic E-state index is 0. The fraction of sp³-hybridized carbons (Fsp3) is 0.409. The molecule has 5 nitrogen and oxygen atoms in total. The molecule has 1 unspecified atom stereocenters. The summed E-state index contributed by atoms with van der Waals surface area (Å²) in [6.07, 6.45) is 1.19. The molecule has 0 aliphatic carbocycles. The van der Waals surface area contributed by atoms with E-state index in [0.29, 0.717) is 5.92 Å². The van der Waals surface area contributed by atoms with Gasteiger partial charge in [-0.1, -0.05) is 24.3 Å². The zero-order chi connectivity index (χ0) is 19.6. The molecule has 2 N–H and O–H groups in total. The molecule has 0 amide bonds.